The fraction of sp³-hybridized carbons (Fsp3) is 0.632. The number of rotatable bonds is 13. The van der Waals surface area contributed by atoms with Gasteiger partial charge >= 0.3 is 5.97 Å². The summed E-state index contributed by atoms with van der Waals surface area (Å²) in [7, 11) is 1.42. The molecular formula is C19H32O2. The zero-order valence-corrected chi connectivity index (χ0v) is 13.9. The minimum Gasteiger partial charge on any atom is -0.469 e. The first-order chi connectivity index (χ1) is 10.3. The van der Waals surface area contributed by atoms with E-state index in [1.807, 2.05) is 6.08 Å². The van der Waals surface area contributed by atoms with Crippen molar-refractivity contribution in [3.05, 3.63) is 36.5 Å². The molecule has 0 saturated carbocycles. The van der Waals surface area contributed by atoms with Gasteiger partial charge in [-0.15, -0.1) is 0 Å². The fourth-order valence-corrected chi connectivity index (χ4v) is 1.92. The Bertz CT molecular complexity index is 314. The number of ether oxygens (including phenoxy) is 1. The van der Waals surface area contributed by atoms with Crippen LogP contribution in [0.15, 0.2) is 36.5 Å². The standard InChI is InChI=1S/C19H32O2/c1-3-4-5-6-7-8-9-10-11-12-13-14-15-16-17-18-19(20)21-2/h7-8,10-11,16-17H,3-6,9,12-15,18H2,1-2H3. The summed E-state index contributed by atoms with van der Waals surface area (Å²) < 4.78 is 4.56. The van der Waals surface area contributed by atoms with E-state index in [0.29, 0.717) is 6.42 Å². The molecule has 0 radical (unpaired) electrons. The summed E-state index contributed by atoms with van der Waals surface area (Å²) in [6, 6.07) is 0. The Labute approximate surface area is 131 Å². The second-order valence-corrected chi connectivity index (χ2v) is 5.21. The van der Waals surface area contributed by atoms with Crippen LogP contribution in [0.25, 0.3) is 0 Å². The van der Waals surface area contributed by atoms with E-state index >= 15 is 0 Å². The minimum absolute atomic E-state index is 0.170. The lowest BCUT2D eigenvalue weighted by molar-refractivity contribution is -0.139. The Morgan fingerprint density at radius 1 is 0.810 bits per heavy atom. The van der Waals surface area contributed by atoms with Gasteiger partial charge in [0.05, 0.1) is 13.5 Å². The van der Waals surface area contributed by atoms with Crippen molar-refractivity contribution in [1.82, 2.24) is 0 Å². The van der Waals surface area contributed by atoms with E-state index in [1.54, 1.807) is 0 Å². The molecule has 0 rings (SSSR count). The fourth-order valence-electron chi connectivity index (χ4n) is 1.92. The molecule has 0 spiro atoms. The summed E-state index contributed by atoms with van der Waals surface area (Å²) in [6.07, 6.45) is 24.3. The Morgan fingerprint density at radius 2 is 1.33 bits per heavy atom. The highest BCUT2D eigenvalue weighted by Gasteiger charge is 1.92. The average molecular weight is 292 g/mol. The van der Waals surface area contributed by atoms with Crippen LogP contribution in [0, 0.1) is 0 Å². The van der Waals surface area contributed by atoms with Gasteiger partial charge < -0.3 is 4.74 Å². The number of unbranched alkanes of at least 4 members (excludes halogenated alkanes) is 6. The smallest absolute Gasteiger partial charge is 0.309 e. The molecule has 0 aromatic rings. The number of carbonyl (C=O) groups excluding carboxylic acids is 1. The summed E-state index contributed by atoms with van der Waals surface area (Å²) in [5.41, 5.74) is 0. The Morgan fingerprint density at radius 3 is 1.86 bits per heavy atom. The summed E-state index contributed by atoms with van der Waals surface area (Å²) in [4.78, 5) is 10.9. The van der Waals surface area contributed by atoms with Gasteiger partial charge in [0.1, 0.15) is 0 Å². The van der Waals surface area contributed by atoms with E-state index in [0.717, 1.165) is 19.3 Å². The lowest BCUT2D eigenvalue weighted by atomic mass is 10.1. The van der Waals surface area contributed by atoms with Crippen molar-refractivity contribution >= 4 is 5.97 Å². The Hall–Kier alpha value is -1.31. The van der Waals surface area contributed by atoms with E-state index in [4.69, 9.17) is 0 Å². The number of esters is 1. The quantitative estimate of drug-likeness (QED) is 0.245. The topological polar surface area (TPSA) is 26.3 Å². The first kappa shape index (κ1) is 19.7. The second kappa shape index (κ2) is 16.7. The number of hydrogen-bond donors (Lipinski definition) is 0. The van der Waals surface area contributed by atoms with E-state index in [-0.39, 0.29) is 5.97 Å². The van der Waals surface area contributed by atoms with E-state index in [2.05, 4.69) is 42.0 Å². The molecule has 0 amide bonds. The molecule has 0 bridgehead atoms. The van der Waals surface area contributed by atoms with Gasteiger partial charge in [0.2, 0.25) is 0 Å². The van der Waals surface area contributed by atoms with Crippen LogP contribution in [0.2, 0.25) is 0 Å². The highest BCUT2D eigenvalue weighted by atomic mass is 16.5. The molecule has 0 aliphatic carbocycles. The molecule has 0 aliphatic rings. The summed E-state index contributed by atoms with van der Waals surface area (Å²) in [5, 5.41) is 0. The molecule has 0 aromatic carbocycles. The summed E-state index contributed by atoms with van der Waals surface area (Å²) in [6.45, 7) is 2.24. The summed E-state index contributed by atoms with van der Waals surface area (Å²) in [5.74, 6) is -0.170. The van der Waals surface area contributed by atoms with Crippen LogP contribution < -0.4 is 0 Å². The number of hydrogen-bond acceptors (Lipinski definition) is 2. The third-order valence-corrected chi connectivity index (χ3v) is 3.25. The maximum Gasteiger partial charge on any atom is 0.309 e. The first-order valence-corrected chi connectivity index (χ1v) is 8.33. The lowest BCUT2D eigenvalue weighted by Crippen LogP contribution is -1.96. The van der Waals surface area contributed by atoms with Gasteiger partial charge in [-0.1, -0.05) is 56.2 Å². The third-order valence-electron chi connectivity index (χ3n) is 3.25. The SMILES string of the molecule is CCCCCC=CCC=CCCCCC=CCC(=O)OC. The van der Waals surface area contributed by atoms with E-state index < -0.39 is 0 Å². The van der Waals surface area contributed by atoms with Crippen molar-refractivity contribution < 1.29 is 9.53 Å². The van der Waals surface area contributed by atoms with Crippen molar-refractivity contribution in [1.29, 1.82) is 0 Å². The van der Waals surface area contributed by atoms with Gasteiger partial charge in [-0.05, 0) is 44.9 Å². The molecule has 2 heteroatoms. The van der Waals surface area contributed by atoms with Crippen LogP contribution >= 0.6 is 0 Å². The van der Waals surface area contributed by atoms with Gasteiger partial charge in [0.15, 0.2) is 0 Å². The van der Waals surface area contributed by atoms with Crippen LogP contribution in [0.3, 0.4) is 0 Å². The van der Waals surface area contributed by atoms with Crippen LogP contribution in [0.1, 0.15) is 71.1 Å². The molecule has 0 N–H and O–H groups in total. The first-order valence-electron chi connectivity index (χ1n) is 8.33. The van der Waals surface area contributed by atoms with Crippen molar-refractivity contribution in [2.75, 3.05) is 7.11 Å². The number of methoxy groups -OCH3 is 1. The van der Waals surface area contributed by atoms with Crippen molar-refractivity contribution in [3.8, 4) is 0 Å². The highest BCUT2D eigenvalue weighted by Crippen LogP contribution is 2.04. The molecule has 0 aliphatic heterocycles. The molecule has 0 atom stereocenters. The molecule has 0 heterocycles. The maximum atomic E-state index is 10.9. The largest absolute Gasteiger partial charge is 0.469 e. The molecule has 0 fully saturated rings. The van der Waals surface area contributed by atoms with Gasteiger partial charge in [0, 0.05) is 0 Å². The molecule has 0 unspecified atom stereocenters. The van der Waals surface area contributed by atoms with Crippen LogP contribution in [-0.4, -0.2) is 13.1 Å². The molecule has 21 heavy (non-hydrogen) atoms. The maximum absolute atomic E-state index is 10.9. The van der Waals surface area contributed by atoms with Gasteiger partial charge in [-0.2, -0.15) is 0 Å². The van der Waals surface area contributed by atoms with Gasteiger partial charge in [-0.25, -0.2) is 0 Å². The highest BCUT2D eigenvalue weighted by molar-refractivity contribution is 5.70. The predicted molar refractivity (Wildman–Crippen MR) is 91.3 cm³/mol. The van der Waals surface area contributed by atoms with Crippen LogP contribution in [0.5, 0.6) is 0 Å². The van der Waals surface area contributed by atoms with Crippen LogP contribution in [0.4, 0.5) is 0 Å². The Balaban J connectivity index is 3.30. The molecule has 120 valence electrons. The minimum atomic E-state index is -0.170. The average Bonchev–Trinajstić information content (AvgIpc) is 2.50. The van der Waals surface area contributed by atoms with Crippen molar-refractivity contribution in [3.63, 3.8) is 0 Å². The van der Waals surface area contributed by atoms with Crippen molar-refractivity contribution in [2.45, 2.75) is 71.1 Å². The lowest BCUT2D eigenvalue weighted by Gasteiger charge is -1.94. The molecular weight excluding hydrogens is 260 g/mol. The molecule has 2 nitrogen and oxygen atoms in total. The third kappa shape index (κ3) is 16.6. The molecule has 0 aromatic heterocycles. The van der Waals surface area contributed by atoms with Crippen LogP contribution in [-0.2, 0) is 9.53 Å². The number of allylic oxidation sites excluding steroid dienone is 5. The Kier molecular flexibility index (Phi) is 15.7. The monoisotopic (exact) mass is 292 g/mol. The van der Waals surface area contributed by atoms with E-state index in [1.165, 1.54) is 45.6 Å². The molecule has 0 saturated heterocycles. The van der Waals surface area contributed by atoms with Gasteiger partial charge in [0.25, 0.3) is 0 Å². The van der Waals surface area contributed by atoms with Crippen molar-refractivity contribution in [2.24, 2.45) is 0 Å². The zero-order chi connectivity index (χ0) is 15.6. The summed E-state index contributed by atoms with van der Waals surface area (Å²) >= 11 is 0. The van der Waals surface area contributed by atoms with Gasteiger partial charge in [-0.3, -0.25) is 4.79 Å². The predicted octanol–water partition coefficient (Wildman–Crippen LogP) is 5.75. The second-order valence-electron chi connectivity index (χ2n) is 5.21. The normalized spacial score (nSPS) is 11.9. The van der Waals surface area contributed by atoms with E-state index in [9.17, 15) is 4.79 Å². The zero-order valence-electron chi connectivity index (χ0n) is 13.9. The number of carbonyl (C=O) groups is 1.